The number of piperidine rings is 1. The summed E-state index contributed by atoms with van der Waals surface area (Å²) < 4.78 is 35.5. The standard InChI is InChI=1S/C14H13N3O2.C13H23NO.C5H4F3N3.C2H2/c1-9-2-3-13-10(4-9)5-11(14(19)17-13)6-12(7-15)16-8-18;1-12(2,3)6-11(15)14-7-9-10(8-14)13(9,4)5;6-5(7,8)3-1-2-10-4(9)11-3;1-2/h2-5,8,12H,6H2,1H3,(H,16,18)(H,17,19);9-10H,6-8H2,1-5H3;1-2H,(H2,9,10,11);1-2H/t;9-,10?;;/m.0../s1. The average molecular weight is 654 g/mol. The number of aryl methyl sites for hydroxylation is 1. The van der Waals surface area contributed by atoms with E-state index in [2.05, 4.69) is 72.6 Å². The van der Waals surface area contributed by atoms with Crippen molar-refractivity contribution in [3.05, 3.63) is 63.7 Å². The zero-order valence-corrected chi connectivity index (χ0v) is 27.5. The number of alkyl halides is 3. The van der Waals surface area contributed by atoms with Crippen molar-refractivity contribution in [3.63, 3.8) is 0 Å². The Morgan fingerprint density at radius 3 is 2.32 bits per heavy atom. The molecule has 3 heterocycles. The lowest BCUT2D eigenvalue weighted by atomic mass is 9.91. The Hall–Kier alpha value is -4.91. The van der Waals surface area contributed by atoms with Crippen molar-refractivity contribution < 1.29 is 22.8 Å². The molecule has 1 saturated carbocycles. The topological polar surface area (TPSA) is 158 Å². The van der Waals surface area contributed by atoms with Gasteiger partial charge in [-0.15, -0.1) is 12.8 Å². The summed E-state index contributed by atoms with van der Waals surface area (Å²) in [4.78, 5) is 45.4. The van der Waals surface area contributed by atoms with Crippen LogP contribution in [0.3, 0.4) is 0 Å². The summed E-state index contributed by atoms with van der Waals surface area (Å²) in [6.07, 6.45) is 5.86. The second-order valence-electron chi connectivity index (χ2n) is 13.3. The molecule has 5 rings (SSSR count). The number of nitrogens with one attached hydrogen (secondary N) is 2. The number of terminal acetylenes is 1. The molecule has 1 saturated heterocycles. The number of carbonyl (C=O) groups excluding carboxylic acids is 2. The van der Waals surface area contributed by atoms with Gasteiger partial charge in [-0.2, -0.15) is 18.4 Å². The summed E-state index contributed by atoms with van der Waals surface area (Å²) in [6.45, 7) is 15.0. The summed E-state index contributed by atoms with van der Waals surface area (Å²) in [6, 6.07) is 9.50. The molecule has 3 aromatic rings. The molecule has 2 aliphatic rings. The zero-order valence-electron chi connectivity index (χ0n) is 27.5. The molecule has 13 heteroatoms. The maximum atomic E-state index is 12.0. The minimum absolute atomic E-state index is 0.124. The van der Waals surface area contributed by atoms with Crippen molar-refractivity contribution in [2.75, 3.05) is 18.8 Å². The van der Waals surface area contributed by atoms with Crippen molar-refractivity contribution in [3.8, 4) is 18.9 Å². The van der Waals surface area contributed by atoms with E-state index in [0.29, 0.717) is 29.7 Å². The zero-order chi connectivity index (χ0) is 35.7. The van der Waals surface area contributed by atoms with Crippen LogP contribution in [0.25, 0.3) is 10.9 Å². The highest BCUT2D eigenvalue weighted by molar-refractivity contribution is 5.79. The van der Waals surface area contributed by atoms with Gasteiger partial charge in [0.15, 0.2) is 0 Å². The third-order valence-electron chi connectivity index (χ3n) is 8.05. The molecule has 2 aromatic heterocycles. The third kappa shape index (κ3) is 10.8. The lowest BCUT2D eigenvalue weighted by molar-refractivity contribution is -0.141. The van der Waals surface area contributed by atoms with Crippen molar-refractivity contribution in [1.82, 2.24) is 25.2 Å². The molecule has 2 fully saturated rings. The Balaban J connectivity index is 0.000000247. The van der Waals surface area contributed by atoms with Crippen LogP contribution in [0.5, 0.6) is 0 Å². The predicted molar refractivity (Wildman–Crippen MR) is 174 cm³/mol. The molecule has 252 valence electrons. The summed E-state index contributed by atoms with van der Waals surface area (Å²) in [5, 5.41) is 12.2. The summed E-state index contributed by atoms with van der Waals surface area (Å²) in [5.41, 5.74) is 6.65. The number of nitrogens with two attached hydrogens (primary N) is 1. The number of fused-ring (bicyclic) bond motifs is 2. The molecule has 0 radical (unpaired) electrons. The molecule has 0 bridgehead atoms. The maximum Gasteiger partial charge on any atom is 0.433 e. The molecule has 1 aliphatic carbocycles. The molecule has 1 aliphatic heterocycles. The molecule has 2 amide bonds. The number of anilines is 1. The normalized spacial score (nSPS) is 18.0. The average Bonchev–Trinajstić information content (AvgIpc) is 3.29. The molecular weight excluding hydrogens is 611 g/mol. The SMILES string of the molecule is C#C.CC(C)(C)CC(=O)N1CC2[C@H](C1)C2(C)C.Cc1ccc2[nH]c(=O)c(CC(C#N)NC=O)cc2c1.Nc1nccc(C(F)(F)F)n1. The molecule has 2 unspecified atom stereocenters. The summed E-state index contributed by atoms with van der Waals surface area (Å²) >= 11 is 0. The highest BCUT2D eigenvalue weighted by Crippen LogP contribution is 2.62. The minimum Gasteiger partial charge on any atom is -0.368 e. The number of pyridine rings is 1. The number of likely N-dealkylation sites (tertiary alicyclic amines) is 1. The fraction of sp³-hybridized carbons (Fsp3) is 0.471. The van der Waals surface area contributed by atoms with E-state index in [9.17, 15) is 27.6 Å². The first-order valence-corrected chi connectivity index (χ1v) is 14.8. The fourth-order valence-electron chi connectivity index (χ4n) is 5.40. The lowest BCUT2D eigenvalue weighted by Crippen LogP contribution is -2.35. The van der Waals surface area contributed by atoms with Gasteiger partial charge in [0.25, 0.3) is 5.56 Å². The Morgan fingerprint density at radius 2 is 1.83 bits per heavy atom. The number of hydrogen-bond donors (Lipinski definition) is 3. The van der Waals surface area contributed by atoms with E-state index in [-0.39, 0.29) is 23.3 Å². The van der Waals surface area contributed by atoms with Gasteiger partial charge in [0, 0.05) is 43.2 Å². The van der Waals surface area contributed by atoms with E-state index in [1.165, 1.54) is 0 Å². The second-order valence-corrected chi connectivity index (χ2v) is 13.3. The van der Waals surface area contributed by atoms with Gasteiger partial charge in [0.05, 0.1) is 6.07 Å². The Kier molecular flexibility index (Phi) is 12.7. The maximum absolute atomic E-state index is 12.0. The van der Waals surface area contributed by atoms with Gasteiger partial charge in [0.1, 0.15) is 11.7 Å². The molecule has 3 atom stereocenters. The first-order chi connectivity index (χ1) is 21.8. The van der Waals surface area contributed by atoms with E-state index in [0.717, 1.165) is 53.7 Å². The van der Waals surface area contributed by atoms with Crippen LogP contribution in [0, 0.1) is 53.8 Å². The number of benzene rings is 1. The van der Waals surface area contributed by atoms with E-state index >= 15 is 0 Å². The van der Waals surface area contributed by atoms with Gasteiger partial charge in [-0.3, -0.25) is 14.4 Å². The summed E-state index contributed by atoms with van der Waals surface area (Å²) in [5.74, 6) is 1.54. The number of halogens is 3. The van der Waals surface area contributed by atoms with Crippen LogP contribution in [0.2, 0.25) is 0 Å². The number of hydrogen-bond acceptors (Lipinski definition) is 7. The molecule has 47 heavy (non-hydrogen) atoms. The number of carbonyl (C=O) groups is 2. The minimum atomic E-state index is -4.45. The lowest BCUT2D eigenvalue weighted by Gasteiger charge is -2.26. The highest BCUT2D eigenvalue weighted by atomic mass is 19.4. The van der Waals surface area contributed by atoms with E-state index < -0.39 is 17.9 Å². The van der Waals surface area contributed by atoms with Gasteiger partial charge < -0.3 is 20.9 Å². The number of nitrogen functional groups attached to an aromatic ring is 1. The Bertz CT molecular complexity index is 1660. The summed E-state index contributed by atoms with van der Waals surface area (Å²) in [7, 11) is 0. The first kappa shape index (κ1) is 38.3. The predicted octanol–water partition coefficient (Wildman–Crippen LogP) is 4.88. The number of rotatable bonds is 5. The van der Waals surface area contributed by atoms with Crippen LogP contribution in [0.15, 0.2) is 41.3 Å². The van der Waals surface area contributed by atoms with Crippen molar-refractivity contribution in [1.29, 1.82) is 5.26 Å². The van der Waals surface area contributed by atoms with Crippen LogP contribution in [-0.2, 0) is 22.2 Å². The smallest absolute Gasteiger partial charge is 0.368 e. The number of H-pyrrole nitrogens is 1. The molecule has 4 N–H and O–H groups in total. The van der Waals surface area contributed by atoms with Crippen LogP contribution < -0.4 is 16.6 Å². The van der Waals surface area contributed by atoms with Crippen LogP contribution in [-0.4, -0.2) is 51.3 Å². The number of nitrogens with zero attached hydrogens (tertiary/aromatic N) is 4. The largest absolute Gasteiger partial charge is 0.433 e. The van der Waals surface area contributed by atoms with Gasteiger partial charge in [-0.1, -0.05) is 46.2 Å². The third-order valence-corrected chi connectivity index (χ3v) is 8.05. The fourth-order valence-corrected chi connectivity index (χ4v) is 5.40. The van der Waals surface area contributed by atoms with Gasteiger partial charge in [-0.05, 0) is 59.2 Å². The van der Waals surface area contributed by atoms with E-state index in [4.69, 9.17) is 11.0 Å². The Labute approximate surface area is 273 Å². The molecule has 10 nitrogen and oxygen atoms in total. The van der Waals surface area contributed by atoms with Gasteiger partial charge in [-0.25, -0.2) is 9.97 Å². The number of aromatic amines is 1. The van der Waals surface area contributed by atoms with Crippen molar-refractivity contribution in [2.45, 2.75) is 66.6 Å². The van der Waals surface area contributed by atoms with Crippen LogP contribution in [0.1, 0.15) is 57.9 Å². The van der Waals surface area contributed by atoms with E-state index in [1.807, 2.05) is 31.2 Å². The first-order valence-electron chi connectivity index (χ1n) is 14.8. The van der Waals surface area contributed by atoms with Crippen molar-refractivity contribution >= 4 is 29.2 Å². The van der Waals surface area contributed by atoms with Crippen LogP contribution in [0.4, 0.5) is 19.1 Å². The highest BCUT2D eigenvalue weighted by Gasteiger charge is 2.62. The number of amides is 2. The second kappa shape index (κ2) is 15.6. The van der Waals surface area contributed by atoms with E-state index in [1.54, 1.807) is 6.07 Å². The monoisotopic (exact) mass is 653 g/mol. The number of nitriles is 1. The van der Waals surface area contributed by atoms with Gasteiger partial charge in [0.2, 0.25) is 18.3 Å². The van der Waals surface area contributed by atoms with Crippen LogP contribution >= 0.6 is 0 Å². The molecule has 0 spiro atoms. The van der Waals surface area contributed by atoms with Gasteiger partial charge >= 0.3 is 6.18 Å². The Morgan fingerprint density at radius 1 is 1.21 bits per heavy atom. The molecule has 1 aromatic carbocycles. The number of aromatic nitrogens is 3. The van der Waals surface area contributed by atoms with Crippen molar-refractivity contribution in [2.24, 2.45) is 22.7 Å². The molecular formula is C34H42F3N7O3. The quantitative estimate of drug-likeness (QED) is 0.262.